The molecule has 0 unspecified atom stereocenters. The maximum Gasteiger partial charge on any atom is 0.134 e. The van der Waals surface area contributed by atoms with Crippen molar-refractivity contribution in [2.45, 2.75) is 71.8 Å². The number of rotatable bonds is 7. The standard InChI is InChI=1S/C17H30N4/c1-4-7-16-19-15(18)12-17(20-16)21(11-10-13(2)3)14-8-5-6-9-14/h12-14H,4-11H2,1-3H3,(H2,18,19,20). The van der Waals surface area contributed by atoms with Crippen LogP contribution in [-0.2, 0) is 6.42 Å². The molecule has 0 atom stereocenters. The van der Waals surface area contributed by atoms with Gasteiger partial charge in [0, 0.05) is 25.1 Å². The molecule has 0 amide bonds. The zero-order valence-corrected chi connectivity index (χ0v) is 13.8. The van der Waals surface area contributed by atoms with E-state index in [4.69, 9.17) is 10.7 Å². The number of aryl methyl sites for hydroxylation is 1. The molecule has 0 radical (unpaired) electrons. The highest BCUT2D eigenvalue weighted by molar-refractivity contribution is 5.48. The van der Waals surface area contributed by atoms with Gasteiger partial charge in [0.25, 0.3) is 0 Å². The molecule has 0 bridgehead atoms. The van der Waals surface area contributed by atoms with Crippen molar-refractivity contribution < 1.29 is 0 Å². The minimum absolute atomic E-state index is 0.607. The second kappa shape index (κ2) is 7.62. The summed E-state index contributed by atoms with van der Waals surface area (Å²) in [5.74, 6) is 3.25. The minimum Gasteiger partial charge on any atom is -0.384 e. The third kappa shape index (κ3) is 4.58. The van der Waals surface area contributed by atoms with Crippen molar-refractivity contribution >= 4 is 11.6 Å². The topological polar surface area (TPSA) is 55.0 Å². The zero-order chi connectivity index (χ0) is 15.2. The van der Waals surface area contributed by atoms with Crippen LogP contribution in [-0.4, -0.2) is 22.6 Å². The summed E-state index contributed by atoms with van der Waals surface area (Å²) in [6.07, 6.45) is 8.40. The van der Waals surface area contributed by atoms with Gasteiger partial charge >= 0.3 is 0 Å². The molecule has 1 aliphatic carbocycles. The molecular formula is C17H30N4. The van der Waals surface area contributed by atoms with Crippen LogP contribution in [0.15, 0.2) is 6.07 Å². The van der Waals surface area contributed by atoms with Gasteiger partial charge in [-0.2, -0.15) is 0 Å². The summed E-state index contributed by atoms with van der Waals surface area (Å²) >= 11 is 0. The highest BCUT2D eigenvalue weighted by Gasteiger charge is 2.24. The number of anilines is 2. The summed E-state index contributed by atoms with van der Waals surface area (Å²) in [6, 6.07) is 2.59. The van der Waals surface area contributed by atoms with Crippen LogP contribution in [0.2, 0.25) is 0 Å². The molecule has 1 aromatic heterocycles. The van der Waals surface area contributed by atoms with Crippen molar-refractivity contribution in [2.24, 2.45) is 5.92 Å². The number of hydrogen-bond acceptors (Lipinski definition) is 4. The summed E-state index contributed by atoms with van der Waals surface area (Å²) in [4.78, 5) is 11.6. The lowest BCUT2D eigenvalue weighted by atomic mass is 10.1. The largest absolute Gasteiger partial charge is 0.384 e. The van der Waals surface area contributed by atoms with Gasteiger partial charge in [0.1, 0.15) is 17.5 Å². The van der Waals surface area contributed by atoms with E-state index in [0.717, 1.165) is 31.0 Å². The average Bonchev–Trinajstić information content (AvgIpc) is 2.92. The SMILES string of the molecule is CCCc1nc(N)cc(N(CCC(C)C)C2CCCC2)n1. The van der Waals surface area contributed by atoms with Gasteiger partial charge in [-0.1, -0.05) is 33.6 Å². The van der Waals surface area contributed by atoms with Gasteiger partial charge in [-0.3, -0.25) is 0 Å². The molecule has 0 spiro atoms. The van der Waals surface area contributed by atoms with E-state index >= 15 is 0 Å². The Bertz CT molecular complexity index is 438. The summed E-state index contributed by atoms with van der Waals surface area (Å²) in [5, 5.41) is 0. The Labute approximate surface area is 129 Å². The van der Waals surface area contributed by atoms with Crippen LogP contribution in [0.5, 0.6) is 0 Å². The van der Waals surface area contributed by atoms with Crippen LogP contribution >= 0.6 is 0 Å². The van der Waals surface area contributed by atoms with Crippen molar-refractivity contribution in [3.05, 3.63) is 11.9 Å². The van der Waals surface area contributed by atoms with Gasteiger partial charge < -0.3 is 10.6 Å². The van der Waals surface area contributed by atoms with E-state index in [1.54, 1.807) is 0 Å². The first-order valence-corrected chi connectivity index (χ1v) is 8.50. The summed E-state index contributed by atoms with van der Waals surface area (Å²) < 4.78 is 0. The summed E-state index contributed by atoms with van der Waals surface area (Å²) in [7, 11) is 0. The van der Waals surface area contributed by atoms with E-state index in [1.165, 1.54) is 32.1 Å². The van der Waals surface area contributed by atoms with E-state index < -0.39 is 0 Å². The lowest BCUT2D eigenvalue weighted by Gasteiger charge is -2.31. The smallest absolute Gasteiger partial charge is 0.134 e. The number of nitrogens with zero attached hydrogens (tertiary/aromatic N) is 3. The number of nitrogen functional groups attached to an aromatic ring is 1. The highest BCUT2D eigenvalue weighted by atomic mass is 15.2. The summed E-state index contributed by atoms with van der Waals surface area (Å²) in [5.41, 5.74) is 6.00. The molecular weight excluding hydrogens is 260 g/mol. The van der Waals surface area contributed by atoms with Gasteiger partial charge in [0.15, 0.2) is 0 Å². The van der Waals surface area contributed by atoms with Gasteiger partial charge in [0.05, 0.1) is 0 Å². The maximum atomic E-state index is 6.00. The monoisotopic (exact) mass is 290 g/mol. The second-order valence-corrected chi connectivity index (χ2v) is 6.63. The predicted octanol–water partition coefficient (Wildman–Crippen LogP) is 3.81. The molecule has 4 nitrogen and oxygen atoms in total. The second-order valence-electron chi connectivity index (χ2n) is 6.63. The Balaban J connectivity index is 2.21. The molecule has 1 aliphatic rings. The van der Waals surface area contributed by atoms with Crippen molar-refractivity contribution in [1.29, 1.82) is 0 Å². The fourth-order valence-electron chi connectivity index (χ4n) is 3.08. The number of aromatic nitrogens is 2. The van der Waals surface area contributed by atoms with Gasteiger partial charge in [-0.25, -0.2) is 9.97 Å². The van der Waals surface area contributed by atoms with Crippen LogP contribution in [0.1, 0.15) is 65.1 Å². The first-order valence-electron chi connectivity index (χ1n) is 8.50. The fourth-order valence-corrected chi connectivity index (χ4v) is 3.08. The normalized spacial score (nSPS) is 15.8. The van der Waals surface area contributed by atoms with Crippen molar-refractivity contribution in [2.75, 3.05) is 17.2 Å². The Morgan fingerprint density at radius 1 is 1.29 bits per heavy atom. The minimum atomic E-state index is 0.607. The number of hydrogen-bond donors (Lipinski definition) is 1. The average molecular weight is 290 g/mol. The molecule has 0 saturated heterocycles. The van der Waals surface area contributed by atoms with Crippen molar-refractivity contribution in [1.82, 2.24) is 9.97 Å². The Kier molecular flexibility index (Phi) is 5.83. The highest BCUT2D eigenvalue weighted by Crippen LogP contribution is 2.28. The third-order valence-corrected chi connectivity index (χ3v) is 4.26. The van der Waals surface area contributed by atoms with Crippen molar-refractivity contribution in [3.8, 4) is 0 Å². The molecule has 1 fully saturated rings. The van der Waals surface area contributed by atoms with E-state index in [1.807, 2.05) is 6.07 Å². The number of nitrogens with two attached hydrogens (primary N) is 1. The third-order valence-electron chi connectivity index (χ3n) is 4.26. The molecule has 21 heavy (non-hydrogen) atoms. The molecule has 1 aromatic rings. The van der Waals surface area contributed by atoms with Gasteiger partial charge in [-0.05, 0) is 31.6 Å². The first-order chi connectivity index (χ1) is 10.1. The van der Waals surface area contributed by atoms with Crippen LogP contribution in [0.4, 0.5) is 11.6 Å². The van der Waals surface area contributed by atoms with E-state index in [2.05, 4.69) is 30.7 Å². The van der Waals surface area contributed by atoms with Crippen LogP contribution in [0.3, 0.4) is 0 Å². The molecule has 0 aliphatic heterocycles. The summed E-state index contributed by atoms with van der Waals surface area (Å²) in [6.45, 7) is 7.79. The van der Waals surface area contributed by atoms with Gasteiger partial charge in [-0.15, -0.1) is 0 Å². The van der Waals surface area contributed by atoms with E-state index in [9.17, 15) is 0 Å². The lowest BCUT2D eigenvalue weighted by molar-refractivity contribution is 0.524. The molecule has 1 heterocycles. The Morgan fingerprint density at radius 2 is 2.00 bits per heavy atom. The van der Waals surface area contributed by atoms with Crippen LogP contribution in [0.25, 0.3) is 0 Å². The lowest BCUT2D eigenvalue weighted by Crippen LogP contribution is -2.35. The first kappa shape index (κ1) is 16.1. The van der Waals surface area contributed by atoms with Crippen molar-refractivity contribution in [3.63, 3.8) is 0 Å². The zero-order valence-electron chi connectivity index (χ0n) is 13.8. The van der Waals surface area contributed by atoms with Gasteiger partial charge in [0.2, 0.25) is 0 Å². The Morgan fingerprint density at radius 3 is 2.62 bits per heavy atom. The molecule has 2 N–H and O–H groups in total. The van der Waals surface area contributed by atoms with Crippen LogP contribution < -0.4 is 10.6 Å². The van der Waals surface area contributed by atoms with E-state index in [-0.39, 0.29) is 0 Å². The maximum absolute atomic E-state index is 6.00. The molecule has 2 rings (SSSR count). The Hall–Kier alpha value is -1.32. The molecule has 1 saturated carbocycles. The fraction of sp³-hybridized carbons (Fsp3) is 0.765. The predicted molar refractivity (Wildman–Crippen MR) is 89.5 cm³/mol. The quantitative estimate of drug-likeness (QED) is 0.829. The van der Waals surface area contributed by atoms with E-state index in [0.29, 0.717) is 17.8 Å². The molecule has 118 valence electrons. The molecule has 0 aromatic carbocycles. The molecule has 4 heteroatoms. The van der Waals surface area contributed by atoms with Crippen LogP contribution in [0, 0.1) is 5.92 Å².